The van der Waals surface area contributed by atoms with Gasteiger partial charge in [-0.2, -0.15) is 0 Å². The highest BCUT2D eigenvalue weighted by Crippen LogP contribution is 2.37. The van der Waals surface area contributed by atoms with Crippen LogP contribution in [0.3, 0.4) is 0 Å². The van der Waals surface area contributed by atoms with E-state index in [2.05, 4.69) is 39.0 Å². The van der Waals surface area contributed by atoms with Crippen LogP contribution in [0, 0.1) is 5.82 Å². The molecule has 14 heteroatoms. The predicted molar refractivity (Wildman–Crippen MR) is 171 cm³/mol. The van der Waals surface area contributed by atoms with Crippen molar-refractivity contribution in [2.24, 2.45) is 0 Å². The second kappa shape index (κ2) is 13.4. The summed E-state index contributed by atoms with van der Waals surface area (Å²) in [6.45, 7) is 21.1. The first-order valence-corrected chi connectivity index (χ1v) is 17.8. The number of cyclic esters (lactones) is 1. The third-order valence-corrected chi connectivity index (χ3v) is 11.8. The van der Waals surface area contributed by atoms with Gasteiger partial charge >= 0.3 is 18.3 Å². The number of aromatic nitrogens is 1. The Labute approximate surface area is 265 Å². The highest BCUT2D eigenvalue weighted by atomic mass is 28.4. The van der Waals surface area contributed by atoms with Crippen LogP contribution < -0.4 is 14.7 Å². The summed E-state index contributed by atoms with van der Waals surface area (Å²) >= 11 is 0. The molecule has 1 aromatic heterocycles. The topological polar surface area (TPSA) is 124 Å². The molecule has 12 nitrogen and oxygen atoms in total. The van der Waals surface area contributed by atoms with Gasteiger partial charge in [0.1, 0.15) is 29.4 Å². The number of hydrogen-bond acceptors (Lipinski definition) is 9. The number of amides is 3. The van der Waals surface area contributed by atoms with Crippen LogP contribution in [0.1, 0.15) is 62.3 Å². The number of rotatable bonds is 9. The highest BCUT2D eigenvalue weighted by molar-refractivity contribution is 6.74. The zero-order valence-electron chi connectivity index (χ0n) is 28.2. The SMILES string of the molecule is CC(C)(C)OC(=O)N(C[C@H]1CN(c2ccc(N(CCO[Si](C)(C)C(C)(C)C)C(=O)OC(C)(C)C)c(F)c2)C(=O)O1)c1ccon1. The van der Waals surface area contributed by atoms with Gasteiger partial charge in [0.2, 0.25) is 0 Å². The number of hydrogen-bond donors (Lipinski definition) is 0. The Balaban J connectivity index is 1.80. The van der Waals surface area contributed by atoms with Crippen molar-refractivity contribution in [1.29, 1.82) is 0 Å². The van der Waals surface area contributed by atoms with Gasteiger partial charge in [0, 0.05) is 6.07 Å². The minimum atomic E-state index is -2.13. The first-order valence-electron chi connectivity index (χ1n) is 14.9. The third-order valence-electron chi connectivity index (χ3n) is 7.31. The minimum absolute atomic E-state index is 0.0157. The van der Waals surface area contributed by atoms with Gasteiger partial charge in [-0.15, -0.1) is 0 Å². The Morgan fingerprint density at radius 3 is 2.11 bits per heavy atom. The van der Waals surface area contributed by atoms with E-state index in [-0.39, 0.29) is 48.5 Å². The van der Waals surface area contributed by atoms with Crippen LogP contribution in [-0.2, 0) is 18.6 Å². The maximum atomic E-state index is 15.7. The number of nitrogens with zero attached hydrogens (tertiary/aromatic N) is 4. The highest BCUT2D eigenvalue weighted by Gasteiger charge is 2.39. The first kappa shape index (κ1) is 35.8. The molecule has 1 fully saturated rings. The summed E-state index contributed by atoms with van der Waals surface area (Å²) in [5, 5.41) is 3.78. The molecule has 1 atom stereocenters. The number of benzene rings is 1. The molecule has 0 unspecified atom stereocenters. The van der Waals surface area contributed by atoms with Crippen molar-refractivity contribution in [2.45, 2.75) is 97.8 Å². The van der Waals surface area contributed by atoms with E-state index < -0.39 is 49.7 Å². The van der Waals surface area contributed by atoms with Crippen molar-refractivity contribution in [3.63, 3.8) is 0 Å². The smallest absolute Gasteiger partial charge is 0.416 e. The number of anilines is 3. The van der Waals surface area contributed by atoms with Crippen molar-refractivity contribution in [1.82, 2.24) is 5.16 Å². The molecule has 0 bridgehead atoms. The lowest BCUT2D eigenvalue weighted by Crippen LogP contribution is -2.44. The summed E-state index contributed by atoms with van der Waals surface area (Å²) < 4.78 is 43.5. The molecule has 0 aliphatic carbocycles. The Morgan fingerprint density at radius 1 is 1.00 bits per heavy atom. The largest absolute Gasteiger partial charge is 0.443 e. The Hall–Kier alpha value is -3.65. The molecule has 1 saturated heterocycles. The molecule has 250 valence electrons. The van der Waals surface area contributed by atoms with E-state index in [1.54, 1.807) is 41.5 Å². The zero-order chi connectivity index (χ0) is 34.0. The van der Waals surface area contributed by atoms with Gasteiger partial charge in [0.05, 0.1) is 37.6 Å². The van der Waals surface area contributed by atoms with Gasteiger partial charge in [-0.1, -0.05) is 25.9 Å². The van der Waals surface area contributed by atoms with Crippen molar-refractivity contribution < 1.29 is 41.9 Å². The van der Waals surface area contributed by atoms with E-state index in [9.17, 15) is 14.4 Å². The van der Waals surface area contributed by atoms with Crippen molar-refractivity contribution in [3.8, 4) is 0 Å². The second-order valence-corrected chi connectivity index (χ2v) is 19.3. The molecule has 0 spiro atoms. The number of carbonyl (C=O) groups is 3. The minimum Gasteiger partial charge on any atom is -0.443 e. The number of ether oxygens (including phenoxy) is 3. The summed E-state index contributed by atoms with van der Waals surface area (Å²) in [5.41, 5.74) is -1.38. The molecular formula is C31H47FN4O8Si. The number of carbonyl (C=O) groups excluding carboxylic acids is 3. The fourth-order valence-corrected chi connectivity index (χ4v) is 5.11. The van der Waals surface area contributed by atoms with Crippen LogP contribution in [0.25, 0.3) is 0 Å². The third kappa shape index (κ3) is 9.67. The van der Waals surface area contributed by atoms with E-state index in [1.165, 1.54) is 39.2 Å². The molecule has 1 aliphatic rings. The van der Waals surface area contributed by atoms with Crippen LogP contribution >= 0.6 is 0 Å². The van der Waals surface area contributed by atoms with Crippen molar-refractivity contribution in [3.05, 3.63) is 36.3 Å². The Kier molecular flexibility index (Phi) is 10.6. The molecule has 0 N–H and O–H groups in total. The maximum Gasteiger partial charge on any atom is 0.416 e. The lowest BCUT2D eigenvalue weighted by atomic mass is 10.2. The average molecular weight is 651 g/mol. The van der Waals surface area contributed by atoms with Crippen molar-refractivity contribution in [2.75, 3.05) is 40.9 Å². The van der Waals surface area contributed by atoms with Crippen LogP contribution in [-0.4, -0.2) is 75.3 Å². The van der Waals surface area contributed by atoms with Gasteiger partial charge in [0.15, 0.2) is 14.1 Å². The first-order chi connectivity index (χ1) is 20.6. The van der Waals surface area contributed by atoms with Gasteiger partial charge in [-0.25, -0.2) is 18.8 Å². The van der Waals surface area contributed by atoms with Gasteiger partial charge < -0.3 is 23.2 Å². The van der Waals surface area contributed by atoms with Gasteiger partial charge in [-0.05, 0) is 77.9 Å². The molecule has 1 aliphatic heterocycles. The van der Waals surface area contributed by atoms with Gasteiger partial charge in [-0.3, -0.25) is 14.7 Å². The van der Waals surface area contributed by atoms with Gasteiger partial charge in [0.25, 0.3) is 0 Å². The average Bonchev–Trinajstić information content (AvgIpc) is 3.52. The second-order valence-electron chi connectivity index (χ2n) is 14.4. The van der Waals surface area contributed by atoms with Crippen LogP contribution in [0.4, 0.5) is 36.0 Å². The van der Waals surface area contributed by atoms with E-state index in [0.717, 1.165) is 6.07 Å². The lowest BCUT2D eigenvalue weighted by molar-refractivity contribution is 0.0552. The maximum absolute atomic E-state index is 15.7. The molecule has 2 aromatic rings. The van der Waals surface area contributed by atoms with E-state index in [0.29, 0.717) is 0 Å². The summed E-state index contributed by atoms with van der Waals surface area (Å²) in [6, 6.07) is 5.59. The molecule has 0 radical (unpaired) electrons. The van der Waals surface area contributed by atoms with E-state index in [4.69, 9.17) is 23.2 Å². The summed E-state index contributed by atoms with van der Waals surface area (Å²) in [5.74, 6) is -0.547. The summed E-state index contributed by atoms with van der Waals surface area (Å²) in [6.07, 6.45) is -1.60. The van der Waals surface area contributed by atoms with Crippen LogP contribution in [0.15, 0.2) is 35.1 Å². The lowest BCUT2D eigenvalue weighted by Gasteiger charge is -2.37. The van der Waals surface area contributed by atoms with Crippen molar-refractivity contribution >= 4 is 43.8 Å². The van der Waals surface area contributed by atoms with E-state index >= 15 is 4.39 Å². The van der Waals surface area contributed by atoms with Crippen LogP contribution in [0.2, 0.25) is 18.1 Å². The molecule has 45 heavy (non-hydrogen) atoms. The molecule has 1 aromatic carbocycles. The standard InChI is InChI=1S/C31H47FN4O8Si/c1-29(2,3)43-27(38)34(15-17-41-45(10,11)31(7,8)9)24-13-12-21(18-23(24)32)35-19-22(42-26(35)37)20-36(25-14-16-40-33-25)28(39)44-30(4,5)6/h12-14,16,18,22H,15,17,19-20H2,1-11H3/t22-/m1/s1. The molecule has 2 heterocycles. The monoisotopic (exact) mass is 650 g/mol. The molecular weight excluding hydrogens is 603 g/mol. The van der Waals surface area contributed by atoms with E-state index in [1.807, 2.05) is 0 Å². The summed E-state index contributed by atoms with van der Waals surface area (Å²) in [7, 11) is -2.13. The Morgan fingerprint density at radius 2 is 1.60 bits per heavy atom. The molecule has 3 amide bonds. The Bertz CT molecular complexity index is 1350. The summed E-state index contributed by atoms with van der Waals surface area (Å²) in [4.78, 5) is 42.7. The predicted octanol–water partition coefficient (Wildman–Crippen LogP) is 7.34. The normalized spacial score (nSPS) is 16.0. The zero-order valence-corrected chi connectivity index (χ0v) is 29.2. The molecule has 3 rings (SSSR count). The quantitative estimate of drug-likeness (QED) is 0.202. The number of halogens is 1. The fraction of sp³-hybridized carbons (Fsp3) is 0.613. The fourth-order valence-electron chi connectivity index (χ4n) is 4.07. The molecule has 0 saturated carbocycles. The van der Waals surface area contributed by atoms with Crippen LogP contribution in [0.5, 0.6) is 0 Å².